The van der Waals surface area contributed by atoms with Crippen molar-refractivity contribution in [2.24, 2.45) is 23.7 Å². The van der Waals surface area contributed by atoms with Crippen LogP contribution in [0.15, 0.2) is 11.2 Å². The molecule has 0 aliphatic heterocycles. The van der Waals surface area contributed by atoms with Crippen LogP contribution in [-0.2, 0) is 13.6 Å². The van der Waals surface area contributed by atoms with Gasteiger partial charge in [0.05, 0.1) is 18.4 Å². The predicted molar refractivity (Wildman–Crippen MR) is 77.1 cm³/mol. The normalized spacial score (nSPS) is 16.2. The largest absolute Gasteiger partial charge is 0.370 e. The maximum Gasteiger partial charge on any atom is 0.188 e. The molecule has 0 amide bonds. The highest BCUT2D eigenvalue weighted by atomic mass is 127. The average Bonchev–Trinajstić information content (AvgIpc) is 2.59. The third-order valence-electron chi connectivity index (χ3n) is 3.02. The molecule has 0 aromatic carbocycles. The van der Waals surface area contributed by atoms with Crippen molar-refractivity contribution < 1.29 is 0 Å². The van der Waals surface area contributed by atoms with E-state index in [0.29, 0.717) is 12.5 Å². The smallest absolute Gasteiger partial charge is 0.188 e. The minimum absolute atomic E-state index is 0. The van der Waals surface area contributed by atoms with Crippen LogP contribution >= 0.6 is 24.0 Å². The Balaban J connectivity index is 0.00000144. The predicted octanol–water partition coefficient (Wildman–Crippen LogP) is 0.637. The van der Waals surface area contributed by atoms with E-state index < -0.39 is 0 Å². The number of rotatable bonds is 4. The van der Waals surface area contributed by atoms with Gasteiger partial charge in [-0.1, -0.05) is 11.6 Å². The molecule has 1 aliphatic carbocycles. The summed E-state index contributed by atoms with van der Waals surface area (Å²) in [7, 11) is 1.84. The Kier molecular flexibility index (Phi) is 5.66. The molecule has 0 unspecified atom stereocenters. The second-order valence-electron chi connectivity index (χ2n) is 4.23. The fraction of sp³-hybridized carbons (Fsp3) is 0.700. The van der Waals surface area contributed by atoms with Crippen LogP contribution in [0.3, 0.4) is 0 Å². The van der Waals surface area contributed by atoms with Crippen LogP contribution in [0, 0.1) is 5.92 Å². The standard InChI is InChI=1S/C10H18N6.HI/c1-16-9(7-14-15-16)6-13-10(11)12-5-8-3-2-4-8;/h7-8H,2-6H2,1H3,(H3,11,12,13);1H. The van der Waals surface area contributed by atoms with E-state index in [9.17, 15) is 0 Å². The van der Waals surface area contributed by atoms with Gasteiger partial charge in [-0.15, -0.1) is 29.1 Å². The summed E-state index contributed by atoms with van der Waals surface area (Å²) in [6, 6.07) is 0. The molecule has 1 aromatic heterocycles. The molecule has 0 radical (unpaired) electrons. The van der Waals surface area contributed by atoms with Crippen LogP contribution in [0.5, 0.6) is 0 Å². The van der Waals surface area contributed by atoms with E-state index in [2.05, 4.69) is 20.6 Å². The Morgan fingerprint density at radius 3 is 2.94 bits per heavy atom. The van der Waals surface area contributed by atoms with E-state index in [1.165, 1.54) is 19.3 Å². The zero-order valence-electron chi connectivity index (χ0n) is 9.96. The van der Waals surface area contributed by atoms with Gasteiger partial charge in [0.1, 0.15) is 0 Å². The highest BCUT2D eigenvalue weighted by Crippen LogP contribution is 2.24. The monoisotopic (exact) mass is 350 g/mol. The minimum atomic E-state index is 0. The minimum Gasteiger partial charge on any atom is -0.370 e. The zero-order chi connectivity index (χ0) is 11.4. The molecule has 0 spiro atoms. The van der Waals surface area contributed by atoms with Gasteiger partial charge in [0.2, 0.25) is 0 Å². The van der Waals surface area contributed by atoms with E-state index in [0.717, 1.165) is 18.2 Å². The third-order valence-corrected chi connectivity index (χ3v) is 3.02. The first-order chi connectivity index (χ1) is 7.75. The molecular weight excluding hydrogens is 331 g/mol. The van der Waals surface area contributed by atoms with Gasteiger partial charge in [0.25, 0.3) is 0 Å². The quantitative estimate of drug-likeness (QED) is 0.474. The molecule has 1 heterocycles. The van der Waals surface area contributed by atoms with E-state index in [1.54, 1.807) is 10.9 Å². The third kappa shape index (κ3) is 4.14. The molecule has 96 valence electrons. The van der Waals surface area contributed by atoms with Gasteiger partial charge in [-0.05, 0) is 18.8 Å². The molecular formula is C10H19IN6. The highest BCUT2D eigenvalue weighted by molar-refractivity contribution is 14.0. The number of nitrogens with zero attached hydrogens (tertiary/aromatic N) is 4. The molecule has 1 fully saturated rings. The lowest BCUT2D eigenvalue weighted by molar-refractivity contribution is 0.315. The van der Waals surface area contributed by atoms with Crippen molar-refractivity contribution in [2.75, 3.05) is 6.54 Å². The van der Waals surface area contributed by atoms with Crippen LogP contribution in [-0.4, -0.2) is 27.5 Å². The highest BCUT2D eigenvalue weighted by Gasteiger charge is 2.16. The summed E-state index contributed by atoms with van der Waals surface area (Å²) in [6.45, 7) is 1.46. The van der Waals surface area contributed by atoms with Crippen molar-refractivity contribution in [3.05, 3.63) is 11.9 Å². The molecule has 6 nitrogen and oxygen atoms in total. The van der Waals surface area contributed by atoms with Gasteiger partial charge < -0.3 is 11.1 Å². The summed E-state index contributed by atoms with van der Waals surface area (Å²) in [5.41, 5.74) is 6.71. The average molecular weight is 350 g/mol. The molecule has 1 saturated carbocycles. The Labute approximate surface area is 118 Å². The first-order valence-corrected chi connectivity index (χ1v) is 5.63. The summed E-state index contributed by atoms with van der Waals surface area (Å²) in [5.74, 6) is 1.29. The number of nitrogens with one attached hydrogen (secondary N) is 1. The number of aromatic nitrogens is 3. The van der Waals surface area contributed by atoms with Gasteiger partial charge in [-0.25, -0.2) is 4.99 Å². The van der Waals surface area contributed by atoms with Crippen molar-refractivity contribution in [3.8, 4) is 0 Å². The van der Waals surface area contributed by atoms with Crippen LogP contribution in [0.4, 0.5) is 0 Å². The molecule has 3 N–H and O–H groups in total. The molecule has 0 atom stereocenters. The van der Waals surface area contributed by atoms with Crippen molar-refractivity contribution in [2.45, 2.75) is 25.8 Å². The van der Waals surface area contributed by atoms with E-state index in [-0.39, 0.29) is 24.0 Å². The first kappa shape index (κ1) is 14.2. The number of aliphatic imine (C=N–C) groups is 1. The molecule has 7 heteroatoms. The number of halogens is 1. The van der Waals surface area contributed by atoms with E-state index in [1.807, 2.05) is 7.05 Å². The Bertz CT molecular complexity index is 371. The molecule has 2 rings (SSSR count). The number of hydrogen-bond donors (Lipinski definition) is 2. The van der Waals surface area contributed by atoms with Crippen LogP contribution < -0.4 is 11.1 Å². The van der Waals surface area contributed by atoms with Crippen molar-refractivity contribution in [3.63, 3.8) is 0 Å². The molecule has 17 heavy (non-hydrogen) atoms. The van der Waals surface area contributed by atoms with Crippen LogP contribution in [0.25, 0.3) is 0 Å². The summed E-state index contributed by atoms with van der Waals surface area (Å²) >= 11 is 0. The summed E-state index contributed by atoms with van der Waals surface area (Å²) < 4.78 is 1.70. The van der Waals surface area contributed by atoms with Crippen LogP contribution in [0.2, 0.25) is 0 Å². The molecule has 0 saturated heterocycles. The molecule has 0 bridgehead atoms. The number of hydrogen-bond acceptors (Lipinski definition) is 3. The maximum atomic E-state index is 5.76. The lowest BCUT2D eigenvalue weighted by atomic mass is 9.85. The van der Waals surface area contributed by atoms with Gasteiger partial charge >= 0.3 is 0 Å². The Hall–Kier alpha value is -0.860. The second kappa shape index (κ2) is 6.77. The van der Waals surface area contributed by atoms with E-state index in [4.69, 9.17) is 5.73 Å². The topological polar surface area (TPSA) is 81.1 Å². The van der Waals surface area contributed by atoms with Crippen LogP contribution in [0.1, 0.15) is 25.0 Å². The lowest BCUT2D eigenvalue weighted by Gasteiger charge is -2.25. The van der Waals surface area contributed by atoms with Gasteiger partial charge in [-0.2, -0.15) is 0 Å². The summed E-state index contributed by atoms with van der Waals surface area (Å²) in [4.78, 5) is 4.24. The maximum absolute atomic E-state index is 5.76. The number of aryl methyl sites for hydroxylation is 1. The fourth-order valence-electron chi connectivity index (χ4n) is 1.62. The van der Waals surface area contributed by atoms with Gasteiger partial charge in [0, 0.05) is 13.6 Å². The molecule has 1 aromatic rings. The number of guanidine groups is 1. The summed E-state index contributed by atoms with van der Waals surface area (Å²) in [6.07, 6.45) is 5.67. The van der Waals surface area contributed by atoms with Crippen molar-refractivity contribution in [1.82, 2.24) is 20.3 Å². The zero-order valence-corrected chi connectivity index (χ0v) is 12.3. The van der Waals surface area contributed by atoms with Gasteiger partial charge in [0.15, 0.2) is 5.96 Å². The summed E-state index contributed by atoms with van der Waals surface area (Å²) in [5, 5.41) is 10.8. The molecule has 1 aliphatic rings. The second-order valence-corrected chi connectivity index (χ2v) is 4.23. The van der Waals surface area contributed by atoms with Crippen molar-refractivity contribution >= 4 is 29.9 Å². The number of nitrogens with two attached hydrogens (primary N) is 1. The first-order valence-electron chi connectivity index (χ1n) is 5.63. The fourth-order valence-corrected chi connectivity index (χ4v) is 1.62. The Morgan fingerprint density at radius 1 is 1.65 bits per heavy atom. The Morgan fingerprint density at radius 2 is 2.41 bits per heavy atom. The van der Waals surface area contributed by atoms with Gasteiger partial charge in [-0.3, -0.25) is 4.68 Å². The SMILES string of the molecule is Cn1nncc1CN=C(N)NCC1CCC1.I. The van der Waals surface area contributed by atoms with Crippen molar-refractivity contribution in [1.29, 1.82) is 0 Å². The lowest BCUT2D eigenvalue weighted by Crippen LogP contribution is -2.37. The van der Waals surface area contributed by atoms with E-state index >= 15 is 0 Å².